The molecule has 0 aliphatic rings. The van der Waals surface area contributed by atoms with Gasteiger partial charge in [-0.3, -0.25) is 14.9 Å². The van der Waals surface area contributed by atoms with E-state index in [0.717, 1.165) is 0 Å². The van der Waals surface area contributed by atoms with Crippen molar-refractivity contribution in [2.45, 2.75) is 26.3 Å². The first kappa shape index (κ1) is 14.9. The van der Waals surface area contributed by atoms with Gasteiger partial charge in [-0.2, -0.15) is 0 Å². The summed E-state index contributed by atoms with van der Waals surface area (Å²) in [4.78, 5) is 21.6. The largest absolute Gasteiger partial charge is 0.507 e. The van der Waals surface area contributed by atoms with Crippen molar-refractivity contribution < 1.29 is 19.6 Å². The smallest absolute Gasteiger partial charge is 0.322 e. The summed E-state index contributed by atoms with van der Waals surface area (Å²) in [6.07, 6.45) is -0.0273. The van der Waals surface area contributed by atoms with Gasteiger partial charge in [0.05, 0.1) is 12.0 Å². The number of carbonyl (C=O) groups excluding carboxylic acids is 1. The predicted octanol–water partition coefficient (Wildman–Crippen LogP) is 0.960. The van der Waals surface area contributed by atoms with Crippen molar-refractivity contribution in [3.05, 3.63) is 32.9 Å². The number of benzene rings is 1. The lowest BCUT2D eigenvalue weighted by Crippen LogP contribution is -2.33. The molecule has 19 heavy (non-hydrogen) atoms. The molecule has 1 aromatic rings. The van der Waals surface area contributed by atoms with Crippen molar-refractivity contribution in [2.75, 3.05) is 7.11 Å². The van der Waals surface area contributed by atoms with Gasteiger partial charge in [0.1, 0.15) is 11.8 Å². The standard InChI is InChI=1S/C12H16N2O5/c1-6-7(2)11(15)8(5-10(6)14(17)18)4-9(13)12(16)19-3/h5,9,15H,4,13H2,1-3H3. The first-order valence-electron chi connectivity index (χ1n) is 5.59. The van der Waals surface area contributed by atoms with E-state index in [-0.39, 0.29) is 23.4 Å². The number of esters is 1. The molecule has 3 N–H and O–H groups in total. The first-order chi connectivity index (χ1) is 8.79. The number of phenols is 1. The molecule has 0 radical (unpaired) electrons. The van der Waals surface area contributed by atoms with Crippen molar-refractivity contribution in [3.8, 4) is 5.75 Å². The van der Waals surface area contributed by atoms with E-state index in [4.69, 9.17) is 5.73 Å². The molecule has 1 atom stereocenters. The number of hydrogen-bond acceptors (Lipinski definition) is 6. The predicted molar refractivity (Wildman–Crippen MR) is 67.9 cm³/mol. The summed E-state index contributed by atoms with van der Waals surface area (Å²) in [5.41, 5.74) is 6.53. The Kier molecular flexibility index (Phi) is 4.44. The molecule has 0 heterocycles. The fraction of sp³-hybridized carbons (Fsp3) is 0.417. The monoisotopic (exact) mass is 268 g/mol. The molecule has 7 nitrogen and oxygen atoms in total. The third-order valence-electron chi connectivity index (χ3n) is 3.06. The molecule has 1 aromatic carbocycles. The molecule has 1 unspecified atom stereocenters. The van der Waals surface area contributed by atoms with Gasteiger partial charge in [-0.05, 0) is 13.8 Å². The zero-order valence-electron chi connectivity index (χ0n) is 11.0. The van der Waals surface area contributed by atoms with Crippen LogP contribution in [0.15, 0.2) is 6.07 Å². The summed E-state index contributed by atoms with van der Waals surface area (Å²) >= 11 is 0. The average molecular weight is 268 g/mol. The van der Waals surface area contributed by atoms with Gasteiger partial charge in [0, 0.05) is 29.2 Å². The Labute approximate surface area is 110 Å². The number of nitrogens with two attached hydrogens (primary N) is 1. The average Bonchev–Trinajstić information content (AvgIpc) is 2.37. The van der Waals surface area contributed by atoms with Crippen LogP contribution in [0, 0.1) is 24.0 Å². The van der Waals surface area contributed by atoms with Gasteiger partial charge in [-0.1, -0.05) is 0 Å². The maximum absolute atomic E-state index is 11.2. The molecule has 0 bridgehead atoms. The van der Waals surface area contributed by atoms with Crippen molar-refractivity contribution in [3.63, 3.8) is 0 Å². The molecule has 0 saturated heterocycles. The Hall–Kier alpha value is -2.15. The van der Waals surface area contributed by atoms with Crippen LogP contribution in [-0.4, -0.2) is 29.2 Å². The highest BCUT2D eigenvalue weighted by molar-refractivity contribution is 5.76. The van der Waals surface area contributed by atoms with Crippen LogP contribution in [0.1, 0.15) is 16.7 Å². The third kappa shape index (κ3) is 3.00. The van der Waals surface area contributed by atoms with E-state index >= 15 is 0 Å². The zero-order valence-corrected chi connectivity index (χ0v) is 11.0. The maximum atomic E-state index is 11.2. The molecular weight excluding hydrogens is 252 g/mol. The number of carbonyl (C=O) groups is 1. The van der Waals surface area contributed by atoms with Gasteiger partial charge in [-0.25, -0.2) is 0 Å². The van der Waals surface area contributed by atoms with Crippen LogP contribution in [0.2, 0.25) is 0 Å². The van der Waals surface area contributed by atoms with Crippen LogP contribution in [0.3, 0.4) is 0 Å². The summed E-state index contributed by atoms with van der Waals surface area (Å²) in [6.45, 7) is 3.13. The number of phenolic OH excluding ortho intramolecular Hbond substituents is 1. The van der Waals surface area contributed by atoms with Crippen molar-refractivity contribution >= 4 is 11.7 Å². The van der Waals surface area contributed by atoms with E-state index in [0.29, 0.717) is 11.1 Å². The van der Waals surface area contributed by atoms with Crippen LogP contribution < -0.4 is 5.73 Å². The van der Waals surface area contributed by atoms with E-state index in [1.54, 1.807) is 13.8 Å². The van der Waals surface area contributed by atoms with Crippen LogP contribution >= 0.6 is 0 Å². The lowest BCUT2D eigenvalue weighted by atomic mass is 9.98. The molecule has 0 spiro atoms. The van der Waals surface area contributed by atoms with Gasteiger partial charge in [0.15, 0.2) is 0 Å². The fourth-order valence-corrected chi connectivity index (χ4v) is 1.77. The lowest BCUT2D eigenvalue weighted by molar-refractivity contribution is -0.385. The zero-order chi connectivity index (χ0) is 14.7. The number of ether oxygens (including phenoxy) is 1. The number of aromatic hydroxyl groups is 1. The van der Waals surface area contributed by atoms with E-state index in [9.17, 15) is 20.0 Å². The fourth-order valence-electron chi connectivity index (χ4n) is 1.77. The number of nitro groups is 1. The molecular formula is C12H16N2O5. The number of nitrogens with zero attached hydrogens (tertiary/aromatic N) is 1. The third-order valence-corrected chi connectivity index (χ3v) is 3.06. The van der Waals surface area contributed by atoms with E-state index in [2.05, 4.69) is 4.74 Å². The highest BCUT2D eigenvalue weighted by atomic mass is 16.6. The van der Waals surface area contributed by atoms with Gasteiger partial charge in [0.25, 0.3) is 5.69 Å². The number of hydrogen-bond donors (Lipinski definition) is 2. The van der Waals surface area contributed by atoms with Gasteiger partial charge >= 0.3 is 5.97 Å². The second-order valence-electron chi connectivity index (χ2n) is 4.24. The van der Waals surface area contributed by atoms with E-state index in [1.165, 1.54) is 13.2 Å². The summed E-state index contributed by atoms with van der Waals surface area (Å²) in [5, 5.41) is 20.9. The quantitative estimate of drug-likeness (QED) is 0.477. The minimum absolute atomic E-state index is 0.0273. The highest BCUT2D eigenvalue weighted by Crippen LogP contribution is 2.32. The number of nitro benzene ring substituents is 1. The van der Waals surface area contributed by atoms with Gasteiger partial charge in [0.2, 0.25) is 0 Å². The summed E-state index contributed by atoms with van der Waals surface area (Å²) < 4.78 is 4.48. The topological polar surface area (TPSA) is 116 Å². The molecule has 0 amide bonds. The maximum Gasteiger partial charge on any atom is 0.322 e. The normalized spacial score (nSPS) is 12.0. The molecule has 104 valence electrons. The highest BCUT2D eigenvalue weighted by Gasteiger charge is 2.22. The second kappa shape index (κ2) is 5.66. The molecule has 1 rings (SSSR count). The second-order valence-corrected chi connectivity index (χ2v) is 4.24. The Morgan fingerprint density at radius 2 is 2.11 bits per heavy atom. The number of methoxy groups -OCH3 is 1. The van der Waals surface area contributed by atoms with E-state index < -0.39 is 16.9 Å². The van der Waals surface area contributed by atoms with Crippen molar-refractivity contribution in [1.82, 2.24) is 0 Å². The molecule has 0 fully saturated rings. The Balaban J connectivity index is 3.22. The van der Waals surface area contributed by atoms with E-state index in [1.807, 2.05) is 0 Å². The molecule has 0 aromatic heterocycles. The van der Waals surface area contributed by atoms with Crippen molar-refractivity contribution in [2.24, 2.45) is 5.73 Å². The summed E-state index contributed by atoms with van der Waals surface area (Å²) in [5.74, 6) is -0.720. The Morgan fingerprint density at radius 3 is 2.58 bits per heavy atom. The minimum Gasteiger partial charge on any atom is -0.507 e. The van der Waals surface area contributed by atoms with Crippen molar-refractivity contribution in [1.29, 1.82) is 0 Å². The SMILES string of the molecule is COC(=O)C(N)Cc1cc([N+](=O)[O-])c(C)c(C)c1O. The molecule has 0 aliphatic heterocycles. The van der Waals surface area contributed by atoms with Crippen LogP contribution in [0.5, 0.6) is 5.75 Å². The number of rotatable bonds is 4. The molecule has 0 aliphatic carbocycles. The lowest BCUT2D eigenvalue weighted by Gasteiger charge is -2.13. The Morgan fingerprint density at radius 1 is 1.53 bits per heavy atom. The van der Waals surface area contributed by atoms with Crippen LogP contribution in [-0.2, 0) is 16.0 Å². The van der Waals surface area contributed by atoms with Crippen LogP contribution in [0.4, 0.5) is 5.69 Å². The van der Waals surface area contributed by atoms with Crippen LogP contribution in [0.25, 0.3) is 0 Å². The molecule has 7 heteroatoms. The van der Waals surface area contributed by atoms with Gasteiger partial charge in [-0.15, -0.1) is 0 Å². The Bertz CT molecular complexity index is 527. The minimum atomic E-state index is -0.974. The van der Waals surface area contributed by atoms with Gasteiger partial charge < -0.3 is 15.6 Å². The summed E-state index contributed by atoms with van der Waals surface area (Å²) in [7, 11) is 1.20. The first-order valence-corrected chi connectivity index (χ1v) is 5.59. The summed E-state index contributed by atoms with van der Waals surface area (Å²) in [6, 6.07) is 0.262. The molecule has 0 saturated carbocycles.